The summed E-state index contributed by atoms with van der Waals surface area (Å²) in [5, 5.41) is 7.36. The molecule has 0 unspecified atom stereocenters. The summed E-state index contributed by atoms with van der Waals surface area (Å²) in [4.78, 5) is 17.1. The Morgan fingerprint density at radius 3 is 2.40 bits per heavy atom. The molecule has 160 valence electrons. The van der Waals surface area contributed by atoms with Crippen LogP contribution in [0, 0.1) is 23.2 Å². The number of aryl methyl sites for hydroxylation is 1. The first-order chi connectivity index (χ1) is 14.5. The highest BCUT2D eigenvalue weighted by Crippen LogP contribution is 2.61. The van der Waals surface area contributed by atoms with Gasteiger partial charge >= 0.3 is 0 Å². The number of hydrogen-bond donors (Lipinski definition) is 1. The van der Waals surface area contributed by atoms with Crippen molar-refractivity contribution >= 4 is 5.91 Å². The van der Waals surface area contributed by atoms with Crippen molar-refractivity contribution in [2.45, 2.75) is 64.3 Å². The first kappa shape index (κ1) is 19.6. The van der Waals surface area contributed by atoms with Crippen molar-refractivity contribution in [1.82, 2.24) is 15.5 Å². The van der Waals surface area contributed by atoms with E-state index in [0.29, 0.717) is 30.0 Å². The molecule has 0 spiro atoms. The van der Waals surface area contributed by atoms with Crippen molar-refractivity contribution in [3.63, 3.8) is 0 Å². The van der Waals surface area contributed by atoms with E-state index in [2.05, 4.69) is 22.4 Å². The molecule has 1 atom stereocenters. The van der Waals surface area contributed by atoms with Crippen LogP contribution in [0.1, 0.15) is 57.8 Å². The molecule has 4 aliphatic carbocycles. The van der Waals surface area contributed by atoms with Crippen LogP contribution in [0.5, 0.6) is 5.75 Å². The van der Waals surface area contributed by atoms with Gasteiger partial charge in [-0.1, -0.05) is 5.16 Å². The Morgan fingerprint density at radius 1 is 1.17 bits per heavy atom. The molecule has 1 heterocycles. The van der Waals surface area contributed by atoms with Crippen molar-refractivity contribution < 1.29 is 14.1 Å². The van der Waals surface area contributed by atoms with Crippen molar-refractivity contribution in [3.8, 4) is 17.1 Å². The maximum Gasteiger partial charge on any atom is 0.227 e. The topological polar surface area (TPSA) is 77.2 Å². The Morgan fingerprint density at radius 2 is 1.80 bits per heavy atom. The van der Waals surface area contributed by atoms with Gasteiger partial charge in [0, 0.05) is 24.4 Å². The van der Waals surface area contributed by atoms with Crippen LogP contribution in [0.2, 0.25) is 0 Å². The standard InChI is InChI=1S/C24H31N3O3/c1-15(24-12-16-9-17(13-24)11-18(10-16)14-24)25-21(28)7-8-22-26-23(27-30-22)19-3-5-20(29-2)6-4-19/h3-6,15-18H,7-14H2,1-2H3,(H,25,28)/t15-,16?,17?,18?,24?/m1/s1. The molecule has 6 rings (SSSR count). The molecule has 1 aromatic carbocycles. The summed E-state index contributed by atoms with van der Waals surface area (Å²) in [5.74, 6) is 4.59. The molecule has 4 aliphatic rings. The maximum absolute atomic E-state index is 12.7. The Bertz CT molecular complexity index is 869. The van der Waals surface area contributed by atoms with Gasteiger partial charge in [-0.05, 0) is 92.9 Å². The van der Waals surface area contributed by atoms with E-state index in [9.17, 15) is 4.79 Å². The summed E-state index contributed by atoms with van der Waals surface area (Å²) >= 11 is 0. The number of aromatic nitrogens is 2. The molecule has 0 aliphatic heterocycles. The lowest BCUT2D eigenvalue weighted by Gasteiger charge is -2.59. The zero-order valence-corrected chi connectivity index (χ0v) is 17.9. The van der Waals surface area contributed by atoms with Crippen LogP contribution >= 0.6 is 0 Å². The molecule has 1 aromatic heterocycles. The van der Waals surface area contributed by atoms with E-state index >= 15 is 0 Å². The van der Waals surface area contributed by atoms with Gasteiger partial charge in [0.05, 0.1) is 7.11 Å². The fourth-order valence-corrected chi connectivity index (χ4v) is 6.61. The molecular weight excluding hydrogens is 378 g/mol. The lowest BCUT2D eigenvalue weighted by Crippen LogP contribution is -2.55. The molecule has 1 N–H and O–H groups in total. The summed E-state index contributed by atoms with van der Waals surface area (Å²) < 4.78 is 10.5. The van der Waals surface area contributed by atoms with Crippen LogP contribution in [-0.4, -0.2) is 29.2 Å². The van der Waals surface area contributed by atoms with E-state index in [-0.39, 0.29) is 11.9 Å². The molecule has 1 amide bonds. The van der Waals surface area contributed by atoms with Gasteiger partial charge in [-0.25, -0.2) is 0 Å². The van der Waals surface area contributed by atoms with Crippen molar-refractivity contribution in [2.75, 3.05) is 7.11 Å². The van der Waals surface area contributed by atoms with E-state index in [0.717, 1.165) is 29.1 Å². The van der Waals surface area contributed by atoms with Crippen LogP contribution in [0.25, 0.3) is 11.4 Å². The second-order valence-corrected chi connectivity index (χ2v) is 9.81. The zero-order chi connectivity index (χ0) is 20.7. The molecule has 6 heteroatoms. The van der Waals surface area contributed by atoms with Crippen LogP contribution in [0.3, 0.4) is 0 Å². The molecule has 2 aromatic rings. The number of amides is 1. The Labute approximate surface area is 177 Å². The number of nitrogens with one attached hydrogen (secondary N) is 1. The number of hydrogen-bond acceptors (Lipinski definition) is 5. The smallest absolute Gasteiger partial charge is 0.227 e. The maximum atomic E-state index is 12.7. The van der Waals surface area contributed by atoms with Gasteiger partial charge < -0.3 is 14.6 Å². The Kier molecular flexibility index (Phi) is 5.03. The average Bonchev–Trinajstić information content (AvgIpc) is 3.20. The van der Waals surface area contributed by atoms with Crippen LogP contribution in [0.4, 0.5) is 0 Å². The summed E-state index contributed by atoms with van der Waals surface area (Å²) in [6.07, 6.45) is 9.01. The van der Waals surface area contributed by atoms with E-state index in [1.807, 2.05) is 24.3 Å². The highest BCUT2D eigenvalue weighted by Gasteiger charge is 2.53. The highest BCUT2D eigenvalue weighted by molar-refractivity contribution is 5.76. The normalized spacial score (nSPS) is 30.3. The molecule has 0 radical (unpaired) electrons. The molecule has 4 saturated carbocycles. The number of methoxy groups -OCH3 is 1. The summed E-state index contributed by atoms with van der Waals surface area (Å²) in [6, 6.07) is 7.77. The first-order valence-corrected chi connectivity index (χ1v) is 11.3. The van der Waals surface area contributed by atoms with Gasteiger partial charge in [0.1, 0.15) is 5.75 Å². The first-order valence-electron chi connectivity index (χ1n) is 11.3. The number of nitrogens with zero attached hydrogens (tertiary/aromatic N) is 2. The van der Waals surface area contributed by atoms with Gasteiger partial charge in [-0.2, -0.15) is 4.98 Å². The third-order valence-corrected chi connectivity index (χ3v) is 7.76. The van der Waals surface area contributed by atoms with Gasteiger partial charge in [0.25, 0.3) is 0 Å². The average molecular weight is 410 g/mol. The van der Waals surface area contributed by atoms with Crippen molar-refractivity contribution in [1.29, 1.82) is 0 Å². The fraction of sp³-hybridized carbons (Fsp3) is 0.625. The number of carbonyl (C=O) groups excluding carboxylic acids is 1. The van der Waals surface area contributed by atoms with Gasteiger partial charge in [-0.15, -0.1) is 0 Å². The van der Waals surface area contributed by atoms with Crippen LogP contribution in [-0.2, 0) is 11.2 Å². The van der Waals surface area contributed by atoms with E-state index in [1.165, 1.54) is 38.5 Å². The van der Waals surface area contributed by atoms with Crippen LogP contribution in [0.15, 0.2) is 28.8 Å². The predicted molar refractivity (Wildman–Crippen MR) is 113 cm³/mol. The Hall–Kier alpha value is -2.37. The van der Waals surface area contributed by atoms with Gasteiger partial charge in [-0.3, -0.25) is 4.79 Å². The van der Waals surface area contributed by atoms with E-state index in [1.54, 1.807) is 7.11 Å². The minimum absolute atomic E-state index is 0.0856. The lowest BCUT2D eigenvalue weighted by molar-refractivity contribution is -0.125. The van der Waals surface area contributed by atoms with Crippen LogP contribution < -0.4 is 10.1 Å². The molecule has 4 bridgehead atoms. The minimum atomic E-state index is 0.0856. The minimum Gasteiger partial charge on any atom is -0.497 e. The fourth-order valence-electron chi connectivity index (χ4n) is 6.61. The lowest BCUT2D eigenvalue weighted by atomic mass is 9.48. The molecule has 0 saturated heterocycles. The number of benzene rings is 1. The summed E-state index contributed by atoms with van der Waals surface area (Å²) in [7, 11) is 1.64. The van der Waals surface area contributed by atoms with Gasteiger partial charge in [0.2, 0.25) is 17.6 Å². The molecule has 4 fully saturated rings. The second-order valence-electron chi connectivity index (χ2n) is 9.81. The van der Waals surface area contributed by atoms with E-state index < -0.39 is 0 Å². The van der Waals surface area contributed by atoms with Gasteiger partial charge in [0.15, 0.2) is 0 Å². The highest BCUT2D eigenvalue weighted by atomic mass is 16.5. The quantitative estimate of drug-likeness (QED) is 0.733. The predicted octanol–water partition coefficient (Wildman–Crippen LogP) is 4.40. The molecule has 30 heavy (non-hydrogen) atoms. The second kappa shape index (κ2) is 7.71. The molecular formula is C24H31N3O3. The Balaban J connectivity index is 1.15. The number of carbonyl (C=O) groups is 1. The molecule has 6 nitrogen and oxygen atoms in total. The van der Waals surface area contributed by atoms with Crippen molar-refractivity contribution in [3.05, 3.63) is 30.2 Å². The number of ether oxygens (including phenoxy) is 1. The number of rotatable bonds is 7. The zero-order valence-electron chi connectivity index (χ0n) is 17.9. The summed E-state index contributed by atoms with van der Waals surface area (Å²) in [5.41, 5.74) is 1.20. The SMILES string of the molecule is COc1ccc(-c2noc(CCC(=O)N[C@H](C)C34CC5CC(CC(C5)C3)C4)n2)cc1. The third kappa shape index (κ3) is 3.72. The van der Waals surface area contributed by atoms with Crippen molar-refractivity contribution in [2.24, 2.45) is 23.2 Å². The van der Waals surface area contributed by atoms with E-state index in [4.69, 9.17) is 9.26 Å². The largest absolute Gasteiger partial charge is 0.497 e. The third-order valence-electron chi connectivity index (χ3n) is 7.76. The summed E-state index contributed by atoms with van der Waals surface area (Å²) in [6.45, 7) is 2.22. The monoisotopic (exact) mass is 409 g/mol.